The third kappa shape index (κ3) is 4.05. The first-order valence-corrected chi connectivity index (χ1v) is 9.97. The highest BCUT2D eigenvalue weighted by Gasteiger charge is 2.26. The van der Waals surface area contributed by atoms with Crippen molar-refractivity contribution in [2.45, 2.75) is 11.8 Å². The van der Waals surface area contributed by atoms with Gasteiger partial charge in [0.25, 0.3) is 5.91 Å². The second-order valence-electron chi connectivity index (χ2n) is 5.45. The summed E-state index contributed by atoms with van der Waals surface area (Å²) < 4.78 is 28.5. The van der Waals surface area contributed by atoms with Crippen LogP contribution in [0.4, 0.5) is 0 Å². The van der Waals surface area contributed by atoms with Gasteiger partial charge < -0.3 is 0 Å². The second kappa shape index (κ2) is 7.32. The highest BCUT2D eigenvalue weighted by atomic mass is 32.2. The predicted octanol–water partition coefficient (Wildman–Crippen LogP) is 2.57. The highest BCUT2D eigenvalue weighted by Crippen LogP contribution is 2.27. The highest BCUT2D eigenvalue weighted by molar-refractivity contribution is 7.88. The van der Waals surface area contributed by atoms with Crippen molar-refractivity contribution in [3.63, 3.8) is 0 Å². The van der Waals surface area contributed by atoms with Crippen LogP contribution in [0.3, 0.4) is 0 Å². The standard InChI is InChI=1S/C17H16N2O4S2/c20-17(18-21)16(12-6-2-1-3-7-12)19-25(22,23)11-13-10-24-15-9-5-4-8-14(13)15/h1-10,16,19,21H,11H2,(H,18,20)/t16-/m1/s1. The Bertz CT molecular complexity index is 984. The maximum absolute atomic E-state index is 12.6. The van der Waals surface area contributed by atoms with Crippen LogP contribution in [-0.2, 0) is 20.6 Å². The summed E-state index contributed by atoms with van der Waals surface area (Å²) in [5.41, 5.74) is 2.62. The van der Waals surface area contributed by atoms with Crippen molar-refractivity contribution < 1.29 is 18.4 Å². The SMILES string of the molecule is O=C(NO)[C@H](NS(=O)(=O)Cc1csc2ccccc12)c1ccccc1. The molecule has 0 saturated carbocycles. The molecule has 0 bridgehead atoms. The lowest BCUT2D eigenvalue weighted by Crippen LogP contribution is -2.39. The average molecular weight is 376 g/mol. The van der Waals surface area contributed by atoms with Gasteiger partial charge in [0, 0.05) is 4.70 Å². The van der Waals surface area contributed by atoms with Crippen LogP contribution in [0, 0.1) is 0 Å². The Kier molecular flexibility index (Phi) is 5.14. The Hall–Kier alpha value is -2.26. The largest absolute Gasteiger partial charge is 0.289 e. The van der Waals surface area contributed by atoms with Crippen LogP contribution in [0.5, 0.6) is 0 Å². The molecule has 1 atom stereocenters. The summed E-state index contributed by atoms with van der Waals surface area (Å²) in [6.45, 7) is 0. The zero-order valence-electron chi connectivity index (χ0n) is 13.0. The van der Waals surface area contributed by atoms with Gasteiger partial charge in [-0.25, -0.2) is 13.9 Å². The molecule has 0 unspecified atom stereocenters. The van der Waals surface area contributed by atoms with Crippen LogP contribution in [0.1, 0.15) is 17.2 Å². The molecular weight excluding hydrogens is 360 g/mol. The van der Waals surface area contributed by atoms with Crippen molar-refractivity contribution in [2.75, 3.05) is 0 Å². The van der Waals surface area contributed by atoms with Gasteiger partial charge in [-0.3, -0.25) is 10.0 Å². The molecule has 3 N–H and O–H groups in total. The summed E-state index contributed by atoms with van der Waals surface area (Å²) >= 11 is 1.47. The van der Waals surface area contributed by atoms with E-state index < -0.39 is 22.0 Å². The smallest absolute Gasteiger partial charge is 0.266 e. The molecule has 0 radical (unpaired) electrons. The monoisotopic (exact) mass is 376 g/mol. The third-order valence-electron chi connectivity index (χ3n) is 3.71. The first kappa shape index (κ1) is 17.6. The number of rotatable bonds is 6. The van der Waals surface area contributed by atoms with Gasteiger partial charge in [-0.2, -0.15) is 4.72 Å². The maximum atomic E-state index is 12.6. The van der Waals surface area contributed by atoms with Crippen LogP contribution in [0.25, 0.3) is 10.1 Å². The normalized spacial score (nSPS) is 12.8. The summed E-state index contributed by atoms with van der Waals surface area (Å²) in [4.78, 5) is 11.9. The van der Waals surface area contributed by atoms with Crippen LogP contribution >= 0.6 is 11.3 Å². The van der Waals surface area contributed by atoms with E-state index in [1.807, 2.05) is 24.3 Å². The predicted molar refractivity (Wildman–Crippen MR) is 96.7 cm³/mol. The van der Waals surface area contributed by atoms with Crippen molar-refractivity contribution in [2.24, 2.45) is 0 Å². The van der Waals surface area contributed by atoms with Crippen LogP contribution < -0.4 is 10.2 Å². The number of nitrogens with one attached hydrogen (secondary N) is 2. The van der Waals surface area contributed by atoms with E-state index in [1.165, 1.54) is 16.8 Å². The van der Waals surface area contributed by atoms with Crippen LogP contribution in [-0.4, -0.2) is 19.5 Å². The van der Waals surface area contributed by atoms with Crippen LogP contribution in [0.15, 0.2) is 60.0 Å². The molecule has 0 saturated heterocycles. The Morgan fingerprint density at radius 3 is 2.48 bits per heavy atom. The van der Waals surface area contributed by atoms with E-state index >= 15 is 0 Å². The van der Waals surface area contributed by atoms with E-state index in [2.05, 4.69) is 4.72 Å². The molecule has 25 heavy (non-hydrogen) atoms. The fourth-order valence-electron chi connectivity index (χ4n) is 2.55. The Balaban J connectivity index is 1.87. The lowest BCUT2D eigenvalue weighted by molar-refractivity contribution is -0.131. The number of carbonyl (C=O) groups is 1. The Morgan fingerprint density at radius 2 is 1.76 bits per heavy atom. The molecule has 130 valence electrons. The Morgan fingerprint density at radius 1 is 1.08 bits per heavy atom. The minimum atomic E-state index is -3.81. The van der Waals surface area contributed by atoms with Crippen LogP contribution in [0.2, 0.25) is 0 Å². The van der Waals surface area contributed by atoms with Gasteiger partial charge >= 0.3 is 0 Å². The number of amides is 1. The minimum Gasteiger partial charge on any atom is -0.289 e. The Labute approximate surface area is 149 Å². The van der Waals surface area contributed by atoms with Crippen molar-refractivity contribution in [1.82, 2.24) is 10.2 Å². The quantitative estimate of drug-likeness (QED) is 0.455. The molecule has 1 heterocycles. The van der Waals surface area contributed by atoms with E-state index in [0.717, 1.165) is 10.1 Å². The molecule has 0 aliphatic heterocycles. The van der Waals surface area contributed by atoms with E-state index in [4.69, 9.17) is 5.21 Å². The van der Waals surface area contributed by atoms with E-state index in [1.54, 1.807) is 35.7 Å². The van der Waals surface area contributed by atoms with Gasteiger partial charge in [-0.1, -0.05) is 48.5 Å². The molecule has 3 aromatic rings. The summed E-state index contributed by atoms with van der Waals surface area (Å²) in [6, 6.07) is 14.7. The van der Waals surface area contributed by atoms with E-state index in [-0.39, 0.29) is 5.75 Å². The summed E-state index contributed by atoms with van der Waals surface area (Å²) in [5.74, 6) is -1.09. The number of hydroxylamine groups is 1. The van der Waals surface area contributed by atoms with Crippen molar-refractivity contribution in [3.05, 3.63) is 71.1 Å². The zero-order chi connectivity index (χ0) is 17.9. The maximum Gasteiger partial charge on any atom is 0.266 e. The average Bonchev–Trinajstić information content (AvgIpc) is 3.02. The topological polar surface area (TPSA) is 95.5 Å². The number of thiophene rings is 1. The van der Waals surface area contributed by atoms with Gasteiger partial charge in [-0.15, -0.1) is 11.3 Å². The summed E-state index contributed by atoms with van der Waals surface area (Å²) in [5, 5.41) is 11.6. The zero-order valence-corrected chi connectivity index (χ0v) is 14.7. The molecule has 1 aromatic heterocycles. The van der Waals surface area contributed by atoms with Gasteiger partial charge in [-0.05, 0) is 28.0 Å². The number of hydrogen-bond acceptors (Lipinski definition) is 5. The number of carbonyl (C=O) groups excluding carboxylic acids is 1. The first-order valence-electron chi connectivity index (χ1n) is 7.44. The lowest BCUT2D eigenvalue weighted by atomic mass is 10.1. The fourth-order valence-corrected chi connectivity index (χ4v) is 4.96. The molecule has 2 aromatic carbocycles. The molecule has 6 nitrogen and oxygen atoms in total. The van der Waals surface area contributed by atoms with Gasteiger partial charge in [0.2, 0.25) is 10.0 Å². The molecule has 0 fully saturated rings. The number of benzene rings is 2. The molecular formula is C17H16N2O4S2. The number of sulfonamides is 1. The van der Waals surface area contributed by atoms with Crippen molar-refractivity contribution in [3.8, 4) is 0 Å². The molecule has 0 spiro atoms. The lowest BCUT2D eigenvalue weighted by Gasteiger charge is -2.17. The molecule has 1 amide bonds. The number of fused-ring (bicyclic) bond motifs is 1. The third-order valence-corrected chi connectivity index (χ3v) is 6.01. The fraction of sp³-hybridized carbons (Fsp3) is 0.118. The molecule has 8 heteroatoms. The molecule has 3 rings (SSSR count). The van der Waals surface area contributed by atoms with Crippen molar-refractivity contribution in [1.29, 1.82) is 0 Å². The first-order chi connectivity index (χ1) is 12.0. The number of hydrogen-bond donors (Lipinski definition) is 3. The van der Waals surface area contributed by atoms with E-state index in [0.29, 0.717) is 11.1 Å². The van der Waals surface area contributed by atoms with E-state index in [9.17, 15) is 13.2 Å². The van der Waals surface area contributed by atoms with Crippen molar-refractivity contribution >= 4 is 37.4 Å². The van der Waals surface area contributed by atoms with Gasteiger partial charge in [0.05, 0.1) is 5.75 Å². The summed E-state index contributed by atoms with van der Waals surface area (Å²) in [6.07, 6.45) is 0. The molecule has 0 aliphatic carbocycles. The molecule has 0 aliphatic rings. The van der Waals surface area contributed by atoms with Gasteiger partial charge in [0.1, 0.15) is 6.04 Å². The van der Waals surface area contributed by atoms with Gasteiger partial charge in [0.15, 0.2) is 0 Å². The second-order valence-corrected chi connectivity index (χ2v) is 8.12. The summed E-state index contributed by atoms with van der Waals surface area (Å²) in [7, 11) is -3.81. The minimum absolute atomic E-state index is 0.251.